The van der Waals surface area contributed by atoms with Crippen molar-refractivity contribution in [1.29, 1.82) is 0 Å². The van der Waals surface area contributed by atoms with Gasteiger partial charge in [0.25, 0.3) is 0 Å². The standard InChI is InChI=1S/C22H20FN3O3S/c1-11-2-3-12(7-16(11)23)6-15-9-24-22(30-15)25-17(27)10-26-20(28)18-13-4-5-14(8-13)19(18)21(26)29/h2-5,7,9,13-14,18-19H,6,8,10H2,1H3,(H,24,25,27)/t13-,14-,18-,19+/m0/s1. The molecule has 1 aliphatic heterocycles. The number of nitrogens with zero attached hydrogens (tertiary/aromatic N) is 2. The highest BCUT2D eigenvalue weighted by Gasteiger charge is 2.59. The van der Waals surface area contributed by atoms with Crippen molar-refractivity contribution >= 4 is 34.2 Å². The van der Waals surface area contributed by atoms with Crippen LogP contribution in [0.15, 0.2) is 36.5 Å². The number of carbonyl (C=O) groups is 3. The van der Waals surface area contributed by atoms with Gasteiger partial charge >= 0.3 is 0 Å². The number of carbonyl (C=O) groups excluding carboxylic acids is 3. The van der Waals surface area contributed by atoms with Gasteiger partial charge in [-0.1, -0.05) is 24.3 Å². The summed E-state index contributed by atoms with van der Waals surface area (Å²) in [5.41, 5.74) is 1.41. The zero-order valence-electron chi connectivity index (χ0n) is 16.3. The molecule has 2 bridgehead atoms. The first-order valence-electron chi connectivity index (χ1n) is 9.94. The van der Waals surface area contributed by atoms with Gasteiger partial charge in [0.1, 0.15) is 12.4 Å². The summed E-state index contributed by atoms with van der Waals surface area (Å²) in [5, 5.41) is 3.07. The minimum Gasteiger partial charge on any atom is -0.300 e. The van der Waals surface area contributed by atoms with Crippen LogP contribution in [0.25, 0.3) is 0 Å². The number of hydrogen-bond acceptors (Lipinski definition) is 5. The number of allylic oxidation sites excluding steroid dienone is 2. The molecule has 5 rings (SSSR count). The van der Waals surface area contributed by atoms with E-state index in [2.05, 4.69) is 10.3 Å². The second kappa shape index (κ2) is 7.12. The molecule has 1 aromatic heterocycles. The van der Waals surface area contributed by atoms with Crippen LogP contribution in [0.4, 0.5) is 9.52 Å². The maximum absolute atomic E-state index is 13.7. The smallest absolute Gasteiger partial charge is 0.246 e. The third kappa shape index (κ3) is 3.15. The zero-order valence-corrected chi connectivity index (χ0v) is 17.1. The molecule has 2 heterocycles. The van der Waals surface area contributed by atoms with Gasteiger partial charge in [-0.05, 0) is 42.4 Å². The predicted molar refractivity (Wildman–Crippen MR) is 109 cm³/mol. The fraction of sp³-hybridized carbons (Fsp3) is 0.364. The average Bonchev–Trinajstić information content (AvgIpc) is 3.47. The van der Waals surface area contributed by atoms with E-state index in [9.17, 15) is 18.8 Å². The molecule has 4 atom stereocenters. The average molecular weight is 425 g/mol. The normalized spacial score (nSPS) is 26.5. The lowest BCUT2D eigenvalue weighted by molar-refractivity contribution is -0.143. The molecule has 3 amide bonds. The lowest BCUT2D eigenvalue weighted by atomic mass is 9.85. The Labute approximate surface area is 176 Å². The van der Waals surface area contributed by atoms with Gasteiger partial charge in [0.15, 0.2) is 5.13 Å². The number of anilines is 1. The SMILES string of the molecule is Cc1ccc(Cc2cnc(NC(=O)CN3C(=O)[C@@H]4[C@H](C3=O)[C@H]3C=C[C@H]4C3)s2)cc1F. The number of thiazole rings is 1. The molecule has 0 radical (unpaired) electrons. The molecule has 1 saturated carbocycles. The summed E-state index contributed by atoms with van der Waals surface area (Å²) < 4.78 is 13.7. The van der Waals surface area contributed by atoms with Crippen LogP contribution >= 0.6 is 11.3 Å². The second-order valence-corrected chi connectivity index (χ2v) is 9.32. The van der Waals surface area contributed by atoms with E-state index >= 15 is 0 Å². The van der Waals surface area contributed by atoms with Crippen molar-refractivity contribution in [3.8, 4) is 0 Å². The van der Waals surface area contributed by atoms with Gasteiger partial charge in [-0.2, -0.15) is 0 Å². The molecule has 2 aliphatic carbocycles. The van der Waals surface area contributed by atoms with Gasteiger partial charge in [0.05, 0.1) is 11.8 Å². The number of aromatic nitrogens is 1. The summed E-state index contributed by atoms with van der Waals surface area (Å²) in [7, 11) is 0. The number of hydrogen-bond donors (Lipinski definition) is 1. The van der Waals surface area contributed by atoms with Gasteiger partial charge in [0.2, 0.25) is 17.7 Å². The summed E-state index contributed by atoms with van der Waals surface area (Å²) in [6, 6.07) is 5.09. The molecule has 1 N–H and O–H groups in total. The molecule has 2 aromatic rings. The lowest BCUT2D eigenvalue weighted by Gasteiger charge is -2.16. The summed E-state index contributed by atoms with van der Waals surface area (Å²) in [6.45, 7) is 1.42. The number of halogens is 1. The monoisotopic (exact) mass is 425 g/mol. The van der Waals surface area contributed by atoms with Gasteiger partial charge in [0, 0.05) is 17.5 Å². The fourth-order valence-corrected chi connectivity index (χ4v) is 5.68. The van der Waals surface area contributed by atoms with Crippen LogP contribution in [0.5, 0.6) is 0 Å². The van der Waals surface area contributed by atoms with Gasteiger partial charge in [-0.3, -0.25) is 19.3 Å². The number of rotatable bonds is 5. The van der Waals surface area contributed by atoms with E-state index in [0.29, 0.717) is 17.1 Å². The van der Waals surface area contributed by atoms with E-state index in [1.807, 2.05) is 18.2 Å². The number of amides is 3. The summed E-state index contributed by atoms with van der Waals surface area (Å²) in [4.78, 5) is 44.0. The number of benzene rings is 1. The van der Waals surface area contributed by atoms with Gasteiger partial charge in [-0.15, -0.1) is 11.3 Å². The first-order chi connectivity index (χ1) is 14.4. The minimum atomic E-state index is -0.445. The van der Waals surface area contributed by atoms with E-state index in [4.69, 9.17) is 0 Å². The highest BCUT2D eigenvalue weighted by molar-refractivity contribution is 7.15. The molecular formula is C22H20FN3O3S. The topological polar surface area (TPSA) is 79.4 Å². The number of nitrogens with one attached hydrogen (secondary N) is 1. The molecule has 8 heteroatoms. The molecule has 1 aromatic carbocycles. The van der Waals surface area contributed by atoms with Gasteiger partial charge < -0.3 is 5.32 Å². The molecule has 0 spiro atoms. The Morgan fingerprint density at radius 2 is 1.93 bits per heavy atom. The predicted octanol–water partition coefficient (Wildman–Crippen LogP) is 2.93. The van der Waals surface area contributed by atoms with E-state index in [0.717, 1.165) is 21.8 Å². The molecule has 154 valence electrons. The molecule has 2 fully saturated rings. The lowest BCUT2D eigenvalue weighted by Crippen LogP contribution is -2.39. The first kappa shape index (κ1) is 19.1. The van der Waals surface area contributed by atoms with Crippen molar-refractivity contribution < 1.29 is 18.8 Å². The van der Waals surface area contributed by atoms with Gasteiger partial charge in [-0.25, -0.2) is 9.37 Å². The third-order valence-electron chi connectivity index (χ3n) is 6.28. The van der Waals surface area contributed by atoms with E-state index in [1.54, 1.807) is 19.2 Å². The Balaban J connectivity index is 1.21. The maximum atomic E-state index is 13.7. The molecule has 3 aliphatic rings. The molecule has 0 unspecified atom stereocenters. The molecule has 6 nitrogen and oxygen atoms in total. The Kier molecular flexibility index (Phi) is 4.54. The number of fused-ring (bicyclic) bond motifs is 5. The van der Waals surface area contributed by atoms with Crippen LogP contribution < -0.4 is 5.32 Å². The maximum Gasteiger partial charge on any atom is 0.246 e. The first-order valence-corrected chi connectivity index (χ1v) is 10.8. The minimum absolute atomic E-state index is 0.123. The fourth-order valence-electron chi connectivity index (χ4n) is 4.82. The summed E-state index contributed by atoms with van der Waals surface area (Å²) in [6.07, 6.45) is 7.06. The van der Waals surface area contributed by atoms with E-state index in [-0.39, 0.29) is 47.8 Å². The Hall–Kier alpha value is -2.87. The summed E-state index contributed by atoms with van der Waals surface area (Å²) >= 11 is 1.29. The second-order valence-electron chi connectivity index (χ2n) is 8.20. The molecule has 30 heavy (non-hydrogen) atoms. The van der Waals surface area contributed by atoms with Crippen molar-refractivity contribution in [3.05, 3.63) is 58.4 Å². The van der Waals surface area contributed by atoms with E-state index < -0.39 is 5.91 Å². The zero-order chi connectivity index (χ0) is 21.0. The Bertz CT molecular complexity index is 1070. The highest BCUT2D eigenvalue weighted by atomic mass is 32.1. The highest BCUT2D eigenvalue weighted by Crippen LogP contribution is 2.52. The van der Waals surface area contributed by atoms with Crippen LogP contribution in [0.2, 0.25) is 0 Å². The van der Waals surface area contributed by atoms with Crippen LogP contribution in [0.3, 0.4) is 0 Å². The molecule has 1 saturated heterocycles. The van der Waals surface area contributed by atoms with E-state index in [1.165, 1.54) is 17.4 Å². The van der Waals surface area contributed by atoms with Crippen LogP contribution in [-0.2, 0) is 20.8 Å². The summed E-state index contributed by atoms with van der Waals surface area (Å²) in [5.74, 6) is -1.53. The molecular weight excluding hydrogens is 405 g/mol. The van der Waals surface area contributed by atoms with Crippen LogP contribution in [0, 0.1) is 36.4 Å². The van der Waals surface area contributed by atoms with Crippen molar-refractivity contribution in [2.75, 3.05) is 11.9 Å². The van der Waals surface area contributed by atoms with Crippen LogP contribution in [0.1, 0.15) is 22.4 Å². The quantitative estimate of drug-likeness (QED) is 0.590. The Morgan fingerprint density at radius 3 is 2.60 bits per heavy atom. The van der Waals surface area contributed by atoms with Crippen LogP contribution in [-0.4, -0.2) is 34.2 Å². The van der Waals surface area contributed by atoms with Crippen molar-refractivity contribution in [1.82, 2.24) is 9.88 Å². The number of imide groups is 1. The van der Waals surface area contributed by atoms with Crippen molar-refractivity contribution in [2.45, 2.75) is 19.8 Å². The van der Waals surface area contributed by atoms with Crippen molar-refractivity contribution in [2.24, 2.45) is 23.7 Å². The Morgan fingerprint density at radius 1 is 1.23 bits per heavy atom. The third-order valence-corrected chi connectivity index (χ3v) is 7.19. The largest absolute Gasteiger partial charge is 0.300 e. The number of likely N-dealkylation sites (tertiary alicyclic amines) is 1. The number of aryl methyl sites for hydroxylation is 1. The van der Waals surface area contributed by atoms with Crippen molar-refractivity contribution in [3.63, 3.8) is 0 Å².